The van der Waals surface area contributed by atoms with Crippen LogP contribution < -0.4 is 0 Å². The van der Waals surface area contributed by atoms with Crippen LogP contribution in [0, 0.1) is 40.8 Å². The molecule has 0 N–H and O–H groups in total. The van der Waals surface area contributed by atoms with Crippen molar-refractivity contribution in [1.82, 2.24) is 0 Å². The summed E-state index contributed by atoms with van der Waals surface area (Å²) in [6.07, 6.45) is 0. The summed E-state index contributed by atoms with van der Waals surface area (Å²) in [5.41, 5.74) is 0. The van der Waals surface area contributed by atoms with Crippen molar-refractivity contribution in [2.24, 2.45) is 0 Å². The zero-order chi connectivity index (χ0) is 10.6. The van der Waals surface area contributed by atoms with Crippen molar-refractivity contribution in [3.05, 3.63) is 91.0 Å². The maximum absolute atomic E-state index is 2.00. The van der Waals surface area contributed by atoms with Gasteiger partial charge in [-0.05, 0) is 0 Å². The normalized spacial score (nSPS) is 7.50. The molecule has 16 heavy (non-hydrogen) atoms. The third kappa shape index (κ3) is 9.94. The SMILES string of the molecule is [Nd].c1cc[cH-]c1.c1cc[cH-]c1.c1cc[cH-]c1. The molecule has 3 aromatic rings. The topological polar surface area (TPSA) is 0 Å². The minimum Gasteiger partial charge on any atom is -0.214 e. The molecule has 0 amide bonds. The molecular weight excluding hydrogens is 324 g/mol. The quantitative estimate of drug-likeness (QED) is 0.538. The average Bonchev–Trinajstić information content (AvgIpc) is 3.09. The molecule has 0 saturated carbocycles. The average molecular weight is 340 g/mol. The zero-order valence-corrected chi connectivity index (χ0v) is 12.4. The molecule has 0 saturated heterocycles. The number of hydrogen-bond acceptors (Lipinski definition) is 0. The van der Waals surface area contributed by atoms with Crippen LogP contribution in [0.25, 0.3) is 0 Å². The first-order chi connectivity index (χ1) is 7.50. The molecule has 3 aromatic carbocycles. The Kier molecular flexibility index (Phi) is 12.0. The van der Waals surface area contributed by atoms with Crippen molar-refractivity contribution in [2.75, 3.05) is 0 Å². The smallest absolute Gasteiger partial charge is 0 e. The first kappa shape index (κ1) is 15.4. The van der Waals surface area contributed by atoms with Crippen LogP contribution in [0.4, 0.5) is 0 Å². The maximum Gasteiger partial charge on any atom is 0 e. The van der Waals surface area contributed by atoms with E-state index in [0.29, 0.717) is 0 Å². The second-order valence-corrected chi connectivity index (χ2v) is 2.89. The summed E-state index contributed by atoms with van der Waals surface area (Å²) in [6.45, 7) is 0. The fraction of sp³-hybridized carbons (Fsp3) is 0. The van der Waals surface area contributed by atoms with Gasteiger partial charge in [0.2, 0.25) is 0 Å². The molecule has 0 heterocycles. The molecule has 0 aliphatic rings. The van der Waals surface area contributed by atoms with Crippen LogP contribution in [0.3, 0.4) is 0 Å². The van der Waals surface area contributed by atoms with E-state index in [-0.39, 0.29) is 40.8 Å². The van der Waals surface area contributed by atoms with Gasteiger partial charge in [0.25, 0.3) is 0 Å². The standard InChI is InChI=1S/3C5H5.Nd/c3*1-2-4-5-3-1;/h3*1-5H;/q3*-1;. The minimum atomic E-state index is 0. The summed E-state index contributed by atoms with van der Waals surface area (Å²) in [4.78, 5) is 0. The molecule has 0 aromatic heterocycles. The molecule has 3 rings (SSSR count). The summed E-state index contributed by atoms with van der Waals surface area (Å²) >= 11 is 0. The van der Waals surface area contributed by atoms with E-state index in [1.165, 1.54) is 0 Å². The molecule has 1 heteroatoms. The third-order valence-electron chi connectivity index (χ3n) is 1.67. The van der Waals surface area contributed by atoms with Gasteiger partial charge in [-0.2, -0.15) is 54.6 Å². The Morgan fingerprint density at radius 3 is 0.625 bits per heavy atom. The van der Waals surface area contributed by atoms with Crippen LogP contribution in [0.2, 0.25) is 0 Å². The van der Waals surface area contributed by atoms with Gasteiger partial charge in [0.05, 0.1) is 0 Å². The van der Waals surface area contributed by atoms with Gasteiger partial charge in [-0.15, -0.1) is 0 Å². The summed E-state index contributed by atoms with van der Waals surface area (Å²) in [6, 6.07) is 30.0. The van der Waals surface area contributed by atoms with Crippen molar-refractivity contribution in [2.45, 2.75) is 0 Å². The van der Waals surface area contributed by atoms with Gasteiger partial charge >= 0.3 is 0 Å². The molecular formula is C15H15Nd-3. The van der Waals surface area contributed by atoms with Crippen LogP contribution in [0.1, 0.15) is 0 Å². The fourth-order valence-electron chi connectivity index (χ4n) is 0.962. The van der Waals surface area contributed by atoms with Crippen molar-refractivity contribution in [1.29, 1.82) is 0 Å². The fourth-order valence-corrected chi connectivity index (χ4v) is 0.962. The summed E-state index contributed by atoms with van der Waals surface area (Å²) in [5, 5.41) is 0. The molecule has 82 valence electrons. The number of rotatable bonds is 0. The predicted octanol–water partition coefficient (Wildman–Crippen LogP) is 4.22. The van der Waals surface area contributed by atoms with Crippen LogP contribution >= 0.6 is 0 Å². The molecule has 0 aliphatic heterocycles. The maximum atomic E-state index is 2.00. The minimum absolute atomic E-state index is 0. The molecule has 0 fully saturated rings. The van der Waals surface area contributed by atoms with Crippen LogP contribution in [-0.4, -0.2) is 0 Å². The van der Waals surface area contributed by atoms with Gasteiger partial charge in [0, 0.05) is 40.8 Å². The third-order valence-corrected chi connectivity index (χ3v) is 1.67. The first-order valence-electron chi connectivity index (χ1n) is 5.00. The second-order valence-electron chi connectivity index (χ2n) is 2.89. The largest absolute Gasteiger partial charge is 0.214 e. The zero-order valence-electron chi connectivity index (χ0n) is 9.16. The molecule has 0 bridgehead atoms. The van der Waals surface area contributed by atoms with Crippen LogP contribution in [0.15, 0.2) is 91.0 Å². The Bertz CT molecular complexity index is 237. The van der Waals surface area contributed by atoms with Crippen LogP contribution in [-0.2, 0) is 0 Å². The van der Waals surface area contributed by atoms with E-state index >= 15 is 0 Å². The van der Waals surface area contributed by atoms with Gasteiger partial charge in [0.1, 0.15) is 0 Å². The van der Waals surface area contributed by atoms with Gasteiger partial charge in [-0.25, -0.2) is 36.4 Å². The molecule has 0 unspecified atom stereocenters. The molecule has 0 nitrogen and oxygen atoms in total. The van der Waals surface area contributed by atoms with Gasteiger partial charge < -0.3 is 0 Å². The van der Waals surface area contributed by atoms with Crippen molar-refractivity contribution < 1.29 is 40.8 Å². The van der Waals surface area contributed by atoms with Gasteiger partial charge in [-0.3, -0.25) is 0 Å². The molecule has 0 atom stereocenters. The molecule has 0 radical (unpaired) electrons. The molecule has 0 spiro atoms. The monoisotopic (exact) mass is 337 g/mol. The Balaban J connectivity index is 0.000000205. The Morgan fingerprint density at radius 1 is 0.375 bits per heavy atom. The summed E-state index contributed by atoms with van der Waals surface area (Å²) in [5.74, 6) is 0. The van der Waals surface area contributed by atoms with Gasteiger partial charge in [-0.1, -0.05) is 0 Å². The Hall–Kier alpha value is -0.599. The Labute approximate surface area is 131 Å². The number of hydrogen-bond donors (Lipinski definition) is 0. The summed E-state index contributed by atoms with van der Waals surface area (Å²) in [7, 11) is 0. The predicted molar refractivity (Wildman–Crippen MR) is 66.1 cm³/mol. The first-order valence-corrected chi connectivity index (χ1v) is 5.00. The van der Waals surface area contributed by atoms with E-state index in [1.807, 2.05) is 91.0 Å². The summed E-state index contributed by atoms with van der Waals surface area (Å²) < 4.78 is 0. The van der Waals surface area contributed by atoms with Gasteiger partial charge in [0.15, 0.2) is 0 Å². The van der Waals surface area contributed by atoms with E-state index in [0.717, 1.165) is 0 Å². The van der Waals surface area contributed by atoms with E-state index in [9.17, 15) is 0 Å². The van der Waals surface area contributed by atoms with Crippen molar-refractivity contribution >= 4 is 0 Å². The van der Waals surface area contributed by atoms with E-state index < -0.39 is 0 Å². The van der Waals surface area contributed by atoms with Crippen LogP contribution in [0.5, 0.6) is 0 Å². The van der Waals surface area contributed by atoms with Crippen molar-refractivity contribution in [3.8, 4) is 0 Å². The Morgan fingerprint density at radius 2 is 0.562 bits per heavy atom. The van der Waals surface area contributed by atoms with E-state index in [4.69, 9.17) is 0 Å². The molecule has 0 aliphatic carbocycles. The second kappa shape index (κ2) is 12.5. The van der Waals surface area contributed by atoms with Crippen molar-refractivity contribution in [3.63, 3.8) is 0 Å². The van der Waals surface area contributed by atoms with E-state index in [1.54, 1.807) is 0 Å². The van der Waals surface area contributed by atoms with E-state index in [2.05, 4.69) is 0 Å².